The van der Waals surface area contributed by atoms with Crippen molar-refractivity contribution in [1.29, 1.82) is 0 Å². The highest BCUT2D eigenvalue weighted by molar-refractivity contribution is 6.43. The normalized spacial score (nSPS) is 16.4. The molecule has 0 spiro atoms. The minimum atomic E-state index is -0.210. The lowest BCUT2D eigenvalue weighted by molar-refractivity contribution is -0.148. The number of piperidine rings is 1. The van der Waals surface area contributed by atoms with Crippen molar-refractivity contribution < 1.29 is 14.4 Å². The Morgan fingerprint density at radius 2 is 1.73 bits per heavy atom. The molecule has 0 saturated carbocycles. The molecular formula is C27H28Cl3N7O3. The summed E-state index contributed by atoms with van der Waals surface area (Å²) in [4.78, 5) is 43.8. The number of nitrogens with one attached hydrogen (secondary N) is 1. The van der Waals surface area contributed by atoms with Gasteiger partial charge in [0, 0.05) is 37.8 Å². The Kier molecular flexibility index (Phi) is 8.48. The molecule has 3 aromatic rings. The van der Waals surface area contributed by atoms with Crippen molar-refractivity contribution in [2.24, 2.45) is 5.92 Å². The zero-order valence-electron chi connectivity index (χ0n) is 21.8. The van der Waals surface area contributed by atoms with Crippen LogP contribution in [0.2, 0.25) is 15.1 Å². The molecule has 2 aromatic carbocycles. The summed E-state index contributed by atoms with van der Waals surface area (Å²) in [7, 11) is 0. The number of amides is 4. The van der Waals surface area contributed by atoms with Gasteiger partial charge < -0.3 is 20.0 Å². The van der Waals surface area contributed by atoms with E-state index in [4.69, 9.17) is 34.8 Å². The van der Waals surface area contributed by atoms with E-state index in [1.54, 1.807) is 27.0 Å². The number of rotatable bonds is 5. The topological polar surface area (TPSA) is 104 Å². The number of piperazine rings is 1. The summed E-state index contributed by atoms with van der Waals surface area (Å²) >= 11 is 18.4. The Morgan fingerprint density at radius 1 is 0.975 bits per heavy atom. The van der Waals surface area contributed by atoms with Gasteiger partial charge in [0.25, 0.3) is 0 Å². The van der Waals surface area contributed by atoms with Gasteiger partial charge in [-0.2, -0.15) is 0 Å². The molecule has 0 radical (unpaired) electrons. The molecule has 1 aromatic heterocycles. The van der Waals surface area contributed by atoms with E-state index in [9.17, 15) is 14.4 Å². The molecule has 40 heavy (non-hydrogen) atoms. The molecular weight excluding hydrogens is 577 g/mol. The Balaban J connectivity index is 1.11. The van der Waals surface area contributed by atoms with Crippen molar-refractivity contribution >= 4 is 58.3 Å². The maximum atomic E-state index is 13.2. The number of anilines is 1. The van der Waals surface area contributed by atoms with Crippen molar-refractivity contribution in [2.45, 2.75) is 26.3 Å². The quantitative estimate of drug-likeness (QED) is 0.427. The van der Waals surface area contributed by atoms with Crippen molar-refractivity contribution in [3.05, 3.63) is 68.9 Å². The van der Waals surface area contributed by atoms with E-state index < -0.39 is 0 Å². The first-order valence-electron chi connectivity index (χ1n) is 12.9. The van der Waals surface area contributed by atoms with Crippen LogP contribution in [0.4, 0.5) is 10.5 Å². The van der Waals surface area contributed by atoms with Crippen molar-refractivity contribution in [2.75, 3.05) is 38.0 Å². The number of carbonyl (C=O) groups excluding carboxylic acids is 3. The molecule has 0 atom stereocenters. The number of carbonyl (C=O) groups is 3. The Morgan fingerprint density at radius 3 is 2.45 bits per heavy atom. The monoisotopic (exact) mass is 603 g/mol. The summed E-state index contributed by atoms with van der Waals surface area (Å²) in [6, 6.07) is 10.6. The van der Waals surface area contributed by atoms with E-state index in [0.29, 0.717) is 65.5 Å². The van der Waals surface area contributed by atoms with E-state index in [0.717, 1.165) is 11.3 Å². The largest absolute Gasteiger partial charge is 0.333 e. The predicted octanol–water partition coefficient (Wildman–Crippen LogP) is 4.65. The van der Waals surface area contributed by atoms with Gasteiger partial charge in [-0.25, -0.2) is 9.48 Å². The average Bonchev–Trinajstić information content (AvgIpc) is 3.40. The van der Waals surface area contributed by atoms with Gasteiger partial charge in [-0.3, -0.25) is 9.59 Å². The second-order valence-electron chi connectivity index (χ2n) is 10.0. The molecule has 2 aliphatic heterocycles. The highest BCUT2D eigenvalue weighted by Crippen LogP contribution is 2.31. The van der Waals surface area contributed by atoms with Gasteiger partial charge in [-0.05, 0) is 49.6 Å². The van der Waals surface area contributed by atoms with Gasteiger partial charge in [0.15, 0.2) is 0 Å². The fraction of sp³-hybridized carbons (Fsp3) is 0.370. The molecule has 2 fully saturated rings. The lowest BCUT2D eigenvalue weighted by Gasteiger charge is -2.38. The zero-order chi connectivity index (χ0) is 28.4. The first-order chi connectivity index (χ1) is 19.2. The molecule has 5 rings (SSSR count). The van der Waals surface area contributed by atoms with E-state index in [1.165, 1.54) is 10.7 Å². The molecule has 10 nitrogen and oxygen atoms in total. The van der Waals surface area contributed by atoms with Gasteiger partial charge in [0.05, 0.1) is 40.0 Å². The number of hydrogen-bond acceptors (Lipinski definition) is 5. The fourth-order valence-electron chi connectivity index (χ4n) is 4.95. The standard InChI is InChI=1S/C27H28Cl3N7O3/c1-17-3-2-4-19(11-17)31-27(40)34-7-5-18(6-8-34)26(39)36-10-9-35(25(38)16-36)14-20-15-37(33-32-20)24-13-22(29)21(28)12-23(24)30/h2-4,11-13,15,18H,5-10,14,16H2,1H3,(H,31,40). The van der Waals surface area contributed by atoms with Crippen LogP contribution in [0.25, 0.3) is 5.69 Å². The van der Waals surface area contributed by atoms with Crippen LogP contribution in [-0.2, 0) is 16.1 Å². The molecule has 2 saturated heterocycles. The third-order valence-electron chi connectivity index (χ3n) is 7.16. The second-order valence-corrected chi connectivity index (χ2v) is 11.2. The SMILES string of the molecule is Cc1cccc(NC(=O)N2CCC(C(=O)N3CCN(Cc4cn(-c5cc(Cl)c(Cl)cc5Cl)nn4)C(=O)C3)CC2)c1. The van der Waals surface area contributed by atoms with Crippen LogP contribution < -0.4 is 5.32 Å². The summed E-state index contributed by atoms with van der Waals surface area (Å²) in [5.74, 6) is -0.401. The second kappa shape index (κ2) is 12.0. The van der Waals surface area contributed by atoms with Crippen molar-refractivity contribution in [3.63, 3.8) is 0 Å². The summed E-state index contributed by atoms with van der Waals surface area (Å²) < 4.78 is 1.48. The first kappa shape index (κ1) is 28.2. The van der Waals surface area contributed by atoms with Crippen molar-refractivity contribution in [3.8, 4) is 5.69 Å². The number of aromatic nitrogens is 3. The minimum absolute atomic E-state index is 0.0135. The van der Waals surface area contributed by atoms with Gasteiger partial charge in [0.2, 0.25) is 11.8 Å². The average molecular weight is 605 g/mol. The van der Waals surface area contributed by atoms with Crippen LogP contribution in [-0.4, -0.2) is 80.3 Å². The van der Waals surface area contributed by atoms with Gasteiger partial charge in [-0.15, -0.1) is 5.10 Å². The smallest absolute Gasteiger partial charge is 0.321 e. The Labute approximate surface area is 246 Å². The number of urea groups is 1. The minimum Gasteiger partial charge on any atom is -0.333 e. The van der Waals surface area contributed by atoms with Gasteiger partial charge >= 0.3 is 6.03 Å². The lowest BCUT2D eigenvalue weighted by Crippen LogP contribution is -2.54. The molecule has 13 heteroatoms. The number of halogens is 3. The van der Waals surface area contributed by atoms with Crippen LogP contribution in [0.5, 0.6) is 0 Å². The maximum absolute atomic E-state index is 13.2. The van der Waals surface area contributed by atoms with Crippen molar-refractivity contribution in [1.82, 2.24) is 29.7 Å². The third-order valence-corrected chi connectivity index (χ3v) is 8.19. The van der Waals surface area contributed by atoms with Crippen LogP contribution in [0.3, 0.4) is 0 Å². The summed E-state index contributed by atoms with van der Waals surface area (Å²) in [6.07, 6.45) is 2.81. The van der Waals surface area contributed by atoms with Crippen LogP contribution in [0, 0.1) is 12.8 Å². The van der Waals surface area contributed by atoms with E-state index in [1.807, 2.05) is 31.2 Å². The lowest BCUT2D eigenvalue weighted by atomic mass is 9.95. The molecule has 0 bridgehead atoms. The van der Waals surface area contributed by atoms with Gasteiger partial charge in [0.1, 0.15) is 5.69 Å². The molecule has 2 aliphatic rings. The van der Waals surface area contributed by atoms with Gasteiger partial charge in [-0.1, -0.05) is 52.1 Å². The summed E-state index contributed by atoms with van der Waals surface area (Å²) in [5, 5.41) is 12.2. The van der Waals surface area contributed by atoms with Crippen LogP contribution in [0.1, 0.15) is 24.1 Å². The molecule has 4 amide bonds. The highest BCUT2D eigenvalue weighted by atomic mass is 35.5. The maximum Gasteiger partial charge on any atom is 0.321 e. The molecule has 0 unspecified atom stereocenters. The van der Waals surface area contributed by atoms with E-state index in [-0.39, 0.29) is 36.9 Å². The number of nitrogens with zero attached hydrogens (tertiary/aromatic N) is 6. The number of aryl methyl sites for hydroxylation is 1. The summed E-state index contributed by atoms with van der Waals surface area (Å²) in [5.41, 5.74) is 2.92. The fourth-order valence-corrected chi connectivity index (χ4v) is 5.58. The molecule has 1 N–H and O–H groups in total. The zero-order valence-corrected chi connectivity index (χ0v) is 24.1. The van der Waals surface area contributed by atoms with E-state index in [2.05, 4.69) is 15.6 Å². The van der Waals surface area contributed by atoms with E-state index >= 15 is 0 Å². The van der Waals surface area contributed by atoms with Crippen LogP contribution in [0.15, 0.2) is 42.6 Å². The predicted molar refractivity (Wildman–Crippen MR) is 153 cm³/mol. The summed E-state index contributed by atoms with van der Waals surface area (Å²) in [6.45, 7) is 4.04. The molecule has 210 valence electrons. The highest BCUT2D eigenvalue weighted by Gasteiger charge is 2.34. The van der Waals surface area contributed by atoms with Crippen LogP contribution >= 0.6 is 34.8 Å². The molecule has 3 heterocycles. The number of likely N-dealkylation sites (tertiary alicyclic amines) is 1. The Bertz CT molecular complexity index is 1440. The Hall–Kier alpha value is -3.34. The number of hydrogen-bond donors (Lipinski definition) is 1. The number of benzene rings is 2. The first-order valence-corrected chi connectivity index (χ1v) is 14.1. The molecule has 0 aliphatic carbocycles. The third kappa shape index (κ3) is 6.35.